The van der Waals surface area contributed by atoms with E-state index in [2.05, 4.69) is 10.6 Å². The molecule has 1 saturated carbocycles. The molecule has 1 N–H and O–H groups in total. The molecule has 0 saturated heterocycles. The van der Waals surface area contributed by atoms with Crippen molar-refractivity contribution >= 4 is 25.4 Å². The van der Waals surface area contributed by atoms with Gasteiger partial charge in [0.15, 0.2) is 21.4 Å². The summed E-state index contributed by atoms with van der Waals surface area (Å²) in [6.07, 6.45) is -2.58. The van der Waals surface area contributed by atoms with Gasteiger partial charge in [-0.15, -0.1) is 0 Å². The van der Waals surface area contributed by atoms with Crippen LogP contribution in [-0.2, 0) is 30.5 Å². The number of hydrogen-bond acceptors (Lipinski definition) is 4. The van der Waals surface area contributed by atoms with Crippen molar-refractivity contribution in [3.8, 4) is 5.75 Å². The largest absolute Gasteiger partial charge is 0.490 e. The maximum Gasteiger partial charge on any atom is 0.416 e. The van der Waals surface area contributed by atoms with Crippen LogP contribution in [0.1, 0.15) is 30.4 Å². The number of sulfone groups is 1. The molecule has 4 rings (SSSR count). The summed E-state index contributed by atoms with van der Waals surface area (Å²) in [7, 11) is -7.20. The Morgan fingerprint density at radius 3 is 2.31 bits per heavy atom. The van der Waals surface area contributed by atoms with Crippen molar-refractivity contribution < 1.29 is 39.3 Å². The number of ether oxygens (including phenoxy) is 1. The highest BCUT2D eigenvalue weighted by molar-refractivity contribution is 7.97. The van der Waals surface area contributed by atoms with E-state index in [1.54, 1.807) is 0 Å². The third kappa shape index (κ3) is 4.44. The van der Waals surface area contributed by atoms with Gasteiger partial charge in [0, 0.05) is 28.4 Å². The van der Waals surface area contributed by atoms with Gasteiger partial charge in [-0.3, -0.25) is 4.21 Å². The van der Waals surface area contributed by atoms with E-state index < -0.39 is 75.7 Å². The van der Waals surface area contributed by atoms with Crippen LogP contribution in [0.15, 0.2) is 41.3 Å². The van der Waals surface area contributed by atoms with E-state index in [9.17, 15) is 30.2 Å². The normalized spacial score (nSPS) is 26.2. The third-order valence-electron chi connectivity index (χ3n) is 6.80. The number of hydrogen-bond donors (Lipinski definition) is 1. The van der Waals surface area contributed by atoms with Gasteiger partial charge in [0.1, 0.15) is 10.6 Å². The fraction of sp³-hybridized carbons (Fsp3) is 0.435. The SMILES string of the molecule is C=S(C)(=O)NC[C@@H]1CCC[C@@]2(S(=O)(=O)c3ccc(C(F)(F)F)cc3)c3c(F)ccc(F)c3OC[C@@H]12. The van der Waals surface area contributed by atoms with Crippen LogP contribution >= 0.6 is 0 Å². The van der Waals surface area contributed by atoms with Crippen molar-refractivity contribution in [2.75, 3.05) is 19.4 Å². The first-order valence-electron chi connectivity index (χ1n) is 10.8. The molecule has 192 valence electrons. The van der Waals surface area contributed by atoms with E-state index in [-0.39, 0.29) is 19.6 Å². The van der Waals surface area contributed by atoms with Crippen molar-refractivity contribution in [2.45, 2.75) is 35.1 Å². The molecule has 2 aliphatic rings. The van der Waals surface area contributed by atoms with Crippen LogP contribution in [0.25, 0.3) is 0 Å². The summed E-state index contributed by atoms with van der Waals surface area (Å²) >= 11 is 0. The maximum absolute atomic E-state index is 15.3. The minimum atomic E-state index is -4.67. The van der Waals surface area contributed by atoms with Gasteiger partial charge < -0.3 is 4.74 Å². The van der Waals surface area contributed by atoms with Gasteiger partial charge in [-0.25, -0.2) is 21.9 Å². The summed E-state index contributed by atoms with van der Waals surface area (Å²) in [4.78, 5) is -0.433. The second kappa shape index (κ2) is 8.74. The van der Waals surface area contributed by atoms with Crippen LogP contribution in [0.5, 0.6) is 5.75 Å². The molecule has 0 aromatic heterocycles. The smallest absolute Gasteiger partial charge is 0.416 e. The molecular formula is C23H24F5NO4S2. The molecule has 1 fully saturated rings. The molecule has 0 spiro atoms. The maximum atomic E-state index is 15.3. The van der Waals surface area contributed by atoms with Crippen molar-refractivity contribution in [1.82, 2.24) is 4.72 Å². The molecule has 5 nitrogen and oxygen atoms in total. The van der Waals surface area contributed by atoms with Crippen LogP contribution < -0.4 is 9.46 Å². The van der Waals surface area contributed by atoms with E-state index in [1.165, 1.54) is 6.26 Å². The van der Waals surface area contributed by atoms with Crippen LogP contribution in [0.4, 0.5) is 22.0 Å². The summed E-state index contributed by atoms with van der Waals surface area (Å²) in [6, 6.07) is 4.64. The first kappa shape index (κ1) is 25.9. The van der Waals surface area contributed by atoms with Gasteiger partial charge in [0.25, 0.3) is 0 Å². The topological polar surface area (TPSA) is 72.5 Å². The van der Waals surface area contributed by atoms with Crippen LogP contribution in [0.3, 0.4) is 0 Å². The van der Waals surface area contributed by atoms with Crippen molar-refractivity contribution in [1.29, 1.82) is 0 Å². The highest BCUT2D eigenvalue weighted by Gasteiger charge is 2.60. The molecule has 4 atom stereocenters. The Balaban J connectivity index is 1.92. The lowest BCUT2D eigenvalue weighted by Crippen LogP contribution is -2.55. The van der Waals surface area contributed by atoms with Crippen LogP contribution in [0.2, 0.25) is 0 Å². The fourth-order valence-electron chi connectivity index (χ4n) is 5.25. The van der Waals surface area contributed by atoms with Gasteiger partial charge in [-0.2, -0.15) is 13.2 Å². The third-order valence-corrected chi connectivity index (χ3v) is 10.1. The predicted molar refractivity (Wildman–Crippen MR) is 122 cm³/mol. The van der Waals surface area contributed by atoms with Gasteiger partial charge in [-0.05, 0) is 61.0 Å². The van der Waals surface area contributed by atoms with Gasteiger partial charge >= 0.3 is 6.18 Å². The molecule has 1 aliphatic heterocycles. The van der Waals surface area contributed by atoms with E-state index >= 15 is 4.39 Å². The molecule has 1 unspecified atom stereocenters. The van der Waals surface area contributed by atoms with E-state index in [0.717, 1.165) is 24.3 Å². The monoisotopic (exact) mass is 537 g/mol. The number of rotatable bonds is 5. The zero-order valence-corrected chi connectivity index (χ0v) is 20.3. The zero-order chi connectivity index (χ0) is 25.8. The Morgan fingerprint density at radius 2 is 1.71 bits per heavy atom. The van der Waals surface area contributed by atoms with Crippen molar-refractivity contribution in [3.63, 3.8) is 0 Å². The number of nitrogens with one attached hydrogen (secondary N) is 1. The number of alkyl halides is 3. The van der Waals surface area contributed by atoms with E-state index in [4.69, 9.17) is 4.74 Å². The average Bonchev–Trinajstić information content (AvgIpc) is 2.78. The zero-order valence-electron chi connectivity index (χ0n) is 18.7. The highest BCUT2D eigenvalue weighted by atomic mass is 32.2. The van der Waals surface area contributed by atoms with Crippen LogP contribution in [0, 0.1) is 23.5 Å². The lowest BCUT2D eigenvalue weighted by Gasteiger charge is -2.50. The molecule has 1 heterocycles. The second-order valence-electron chi connectivity index (χ2n) is 9.07. The Morgan fingerprint density at radius 1 is 1.09 bits per heavy atom. The standard InChI is InChI=1S/C23H24F5NO4S2/c1-34(2,30)29-12-14-4-3-11-22(17(14)13-33-21-19(25)10-9-18(24)20(21)22)35(31,32)16-7-5-15(6-8-16)23(26,27)28/h5-10,14,17H,1,3-4,11-13H2,2H3,(H,29,30)/t14-,17-,22-,34?/m0/s1. The quantitative estimate of drug-likeness (QED) is 0.456. The minimum absolute atomic E-state index is 0.0832. The summed E-state index contributed by atoms with van der Waals surface area (Å²) in [6.45, 7) is -0.176. The molecule has 35 heavy (non-hydrogen) atoms. The Kier molecular flexibility index (Phi) is 6.46. The highest BCUT2D eigenvalue weighted by Crippen LogP contribution is 2.58. The fourth-order valence-corrected chi connectivity index (χ4v) is 8.26. The summed E-state index contributed by atoms with van der Waals surface area (Å²) < 4.78 is 116. The number of halogens is 5. The molecule has 0 radical (unpaired) electrons. The van der Waals surface area contributed by atoms with Gasteiger partial charge in [0.05, 0.1) is 22.6 Å². The molecular weight excluding hydrogens is 513 g/mol. The first-order chi connectivity index (χ1) is 16.2. The summed E-state index contributed by atoms with van der Waals surface area (Å²) in [5, 5.41) is 0. The molecule has 2 aromatic carbocycles. The Hall–Kier alpha value is -2.18. The predicted octanol–water partition coefficient (Wildman–Crippen LogP) is 4.31. The van der Waals surface area contributed by atoms with Gasteiger partial charge in [-0.1, -0.05) is 6.42 Å². The minimum Gasteiger partial charge on any atom is -0.490 e. The lowest BCUT2D eigenvalue weighted by molar-refractivity contribution is -0.137. The summed E-state index contributed by atoms with van der Waals surface area (Å²) in [5.74, 6) is -0.252. The van der Waals surface area contributed by atoms with E-state index in [1.807, 2.05) is 0 Å². The molecule has 0 bridgehead atoms. The first-order valence-corrected chi connectivity index (χ1v) is 14.4. The summed E-state index contributed by atoms with van der Waals surface area (Å²) in [5.41, 5.74) is -1.49. The number of benzene rings is 2. The molecule has 2 aromatic rings. The van der Waals surface area contributed by atoms with Crippen molar-refractivity contribution in [2.24, 2.45) is 11.8 Å². The van der Waals surface area contributed by atoms with Crippen LogP contribution in [-0.4, -0.2) is 37.9 Å². The number of fused-ring (bicyclic) bond motifs is 3. The Labute approximate surface area is 200 Å². The van der Waals surface area contributed by atoms with Gasteiger partial charge in [0.2, 0.25) is 0 Å². The second-order valence-corrected chi connectivity index (χ2v) is 13.6. The van der Waals surface area contributed by atoms with E-state index in [0.29, 0.717) is 25.0 Å². The Bertz CT molecular complexity index is 1340. The lowest BCUT2D eigenvalue weighted by atomic mass is 9.67. The molecule has 1 aliphatic carbocycles. The van der Waals surface area contributed by atoms with Crippen molar-refractivity contribution in [3.05, 3.63) is 59.2 Å². The average molecular weight is 538 g/mol. The molecule has 12 heteroatoms. The molecule has 0 amide bonds.